The number of hydrogen-bond acceptors (Lipinski definition) is 5. The standard InChI is InChI=1S/C20H25NO4S/c1-3-5-12-24-18-15-20(26-16-10-8-7-9-11-16)19(25-13-6-4-2)14-17(18)21(22)23/h7-11,14-15H,3-6,12-13H2,1-2H3. The summed E-state index contributed by atoms with van der Waals surface area (Å²) in [5.74, 6) is 0.826. The van der Waals surface area contributed by atoms with Crippen LogP contribution in [0.1, 0.15) is 39.5 Å². The molecule has 0 spiro atoms. The van der Waals surface area contributed by atoms with Gasteiger partial charge in [0.15, 0.2) is 5.75 Å². The molecular formula is C20H25NO4S. The van der Waals surface area contributed by atoms with E-state index < -0.39 is 4.92 Å². The molecule has 6 heteroatoms. The molecule has 0 unspecified atom stereocenters. The van der Waals surface area contributed by atoms with Gasteiger partial charge < -0.3 is 9.47 Å². The zero-order chi connectivity index (χ0) is 18.8. The minimum absolute atomic E-state index is 0.0509. The lowest BCUT2D eigenvalue weighted by Gasteiger charge is -2.14. The van der Waals surface area contributed by atoms with Gasteiger partial charge in [-0.2, -0.15) is 0 Å². The van der Waals surface area contributed by atoms with Gasteiger partial charge in [0.2, 0.25) is 0 Å². The van der Waals surface area contributed by atoms with Gasteiger partial charge in [0.25, 0.3) is 0 Å². The summed E-state index contributed by atoms with van der Waals surface area (Å²) >= 11 is 1.52. The van der Waals surface area contributed by atoms with E-state index in [0.717, 1.165) is 35.5 Å². The van der Waals surface area contributed by atoms with E-state index in [1.807, 2.05) is 30.3 Å². The maximum atomic E-state index is 11.5. The largest absolute Gasteiger partial charge is 0.492 e. The molecule has 0 N–H and O–H groups in total. The number of benzene rings is 2. The summed E-state index contributed by atoms with van der Waals surface area (Å²) in [5, 5.41) is 11.5. The predicted molar refractivity (Wildman–Crippen MR) is 104 cm³/mol. The fourth-order valence-corrected chi connectivity index (χ4v) is 3.18. The molecule has 5 nitrogen and oxygen atoms in total. The number of ether oxygens (including phenoxy) is 2. The Bertz CT molecular complexity index is 706. The molecule has 2 rings (SSSR count). The summed E-state index contributed by atoms with van der Waals surface area (Å²) in [6, 6.07) is 13.1. The molecule has 0 aliphatic carbocycles. The Morgan fingerprint density at radius 3 is 2.15 bits per heavy atom. The quantitative estimate of drug-likeness (QED) is 0.270. The molecule has 0 heterocycles. The van der Waals surface area contributed by atoms with Crippen molar-refractivity contribution in [1.29, 1.82) is 0 Å². The third-order valence-corrected chi connectivity index (χ3v) is 4.75. The van der Waals surface area contributed by atoms with Crippen LogP contribution in [0.2, 0.25) is 0 Å². The van der Waals surface area contributed by atoms with Crippen molar-refractivity contribution in [2.45, 2.75) is 49.3 Å². The first kappa shape index (κ1) is 20.1. The zero-order valence-electron chi connectivity index (χ0n) is 15.3. The van der Waals surface area contributed by atoms with Crippen LogP contribution in [-0.4, -0.2) is 18.1 Å². The van der Waals surface area contributed by atoms with Crippen molar-refractivity contribution in [3.8, 4) is 11.5 Å². The van der Waals surface area contributed by atoms with E-state index in [0.29, 0.717) is 24.7 Å². The number of nitro benzene ring substituents is 1. The van der Waals surface area contributed by atoms with Gasteiger partial charge in [-0.25, -0.2) is 0 Å². The zero-order valence-corrected chi connectivity index (χ0v) is 16.1. The summed E-state index contributed by atoms with van der Waals surface area (Å²) in [6.45, 7) is 5.13. The highest BCUT2D eigenvalue weighted by Gasteiger charge is 2.21. The number of nitrogens with zero attached hydrogens (tertiary/aromatic N) is 1. The number of hydrogen-bond donors (Lipinski definition) is 0. The minimum atomic E-state index is -0.412. The van der Waals surface area contributed by atoms with Crippen LogP contribution in [0.15, 0.2) is 52.3 Å². The Kier molecular flexibility index (Phi) is 8.28. The molecule has 140 valence electrons. The lowest BCUT2D eigenvalue weighted by molar-refractivity contribution is -0.386. The fraction of sp³-hybridized carbons (Fsp3) is 0.400. The van der Waals surface area contributed by atoms with Crippen molar-refractivity contribution in [3.05, 3.63) is 52.6 Å². The van der Waals surface area contributed by atoms with Crippen LogP contribution < -0.4 is 9.47 Å². The topological polar surface area (TPSA) is 61.6 Å². The van der Waals surface area contributed by atoms with Crippen molar-refractivity contribution < 1.29 is 14.4 Å². The van der Waals surface area contributed by atoms with Gasteiger partial charge in [-0.15, -0.1) is 0 Å². The second-order valence-electron chi connectivity index (χ2n) is 5.84. The Hall–Kier alpha value is -2.21. The first-order valence-electron chi connectivity index (χ1n) is 8.96. The monoisotopic (exact) mass is 375 g/mol. The molecule has 0 bridgehead atoms. The van der Waals surface area contributed by atoms with Gasteiger partial charge in [0, 0.05) is 11.0 Å². The molecule has 2 aromatic rings. The van der Waals surface area contributed by atoms with Crippen LogP contribution in [0.3, 0.4) is 0 Å². The highest BCUT2D eigenvalue weighted by atomic mass is 32.2. The van der Waals surface area contributed by atoms with Crippen LogP contribution in [0.25, 0.3) is 0 Å². The first-order valence-corrected chi connectivity index (χ1v) is 9.78. The normalized spacial score (nSPS) is 10.5. The van der Waals surface area contributed by atoms with Crippen molar-refractivity contribution in [2.24, 2.45) is 0 Å². The average molecular weight is 375 g/mol. The van der Waals surface area contributed by atoms with Gasteiger partial charge in [0.1, 0.15) is 5.75 Å². The van der Waals surface area contributed by atoms with Gasteiger partial charge in [0.05, 0.1) is 29.1 Å². The van der Waals surface area contributed by atoms with Crippen molar-refractivity contribution in [2.75, 3.05) is 13.2 Å². The van der Waals surface area contributed by atoms with E-state index in [4.69, 9.17) is 9.47 Å². The van der Waals surface area contributed by atoms with Crippen LogP contribution >= 0.6 is 11.8 Å². The molecular weight excluding hydrogens is 350 g/mol. The second-order valence-corrected chi connectivity index (χ2v) is 6.96. The van der Waals surface area contributed by atoms with E-state index in [-0.39, 0.29) is 5.69 Å². The number of rotatable bonds is 11. The van der Waals surface area contributed by atoms with Crippen molar-refractivity contribution in [3.63, 3.8) is 0 Å². The number of nitro groups is 1. The lowest BCUT2D eigenvalue weighted by Crippen LogP contribution is -2.03. The highest BCUT2D eigenvalue weighted by molar-refractivity contribution is 7.99. The summed E-state index contributed by atoms with van der Waals surface area (Å²) in [7, 11) is 0. The van der Waals surface area contributed by atoms with E-state index in [1.54, 1.807) is 6.07 Å². The van der Waals surface area contributed by atoms with Gasteiger partial charge in [-0.05, 0) is 25.0 Å². The van der Waals surface area contributed by atoms with E-state index in [1.165, 1.54) is 17.8 Å². The molecule has 0 amide bonds. The lowest BCUT2D eigenvalue weighted by atomic mass is 10.2. The minimum Gasteiger partial charge on any atom is -0.492 e. The van der Waals surface area contributed by atoms with Gasteiger partial charge in [-0.1, -0.05) is 56.7 Å². The molecule has 26 heavy (non-hydrogen) atoms. The van der Waals surface area contributed by atoms with E-state index in [9.17, 15) is 10.1 Å². The Morgan fingerprint density at radius 2 is 1.58 bits per heavy atom. The maximum absolute atomic E-state index is 11.5. The predicted octanol–water partition coefficient (Wildman–Crippen LogP) is 6.10. The first-order chi connectivity index (χ1) is 12.7. The summed E-state index contributed by atoms with van der Waals surface area (Å²) in [6.07, 6.45) is 3.73. The number of unbranched alkanes of at least 4 members (excludes halogenated alkanes) is 2. The van der Waals surface area contributed by atoms with Crippen LogP contribution in [0.4, 0.5) is 5.69 Å². The Morgan fingerprint density at radius 1 is 0.962 bits per heavy atom. The molecule has 0 fully saturated rings. The van der Waals surface area contributed by atoms with Gasteiger partial charge in [-0.3, -0.25) is 10.1 Å². The van der Waals surface area contributed by atoms with Crippen molar-refractivity contribution in [1.82, 2.24) is 0 Å². The maximum Gasteiger partial charge on any atom is 0.314 e. The van der Waals surface area contributed by atoms with Crippen LogP contribution in [0.5, 0.6) is 11.5 Å². The third-order valence-electron chi connectivity index (χ3n) is 3.70. The molecule has 0 saturated carbocycles. The Balaban J connectivity index is 2.35. The fourth-order valence-electron chi connectivity index (χ4n) is 2.25. The van der Waals surface area contributed by atoms with Crippen LogP contribution in [0, 0.1) is 10.1 Å². The smallest absolute Gasteiger partial charge is 0.314 e. The SMILES string of the molecule is CCCCOc1cc([N+](=O)[O-])c(OCCCC)cc1Sc1ccccc1. The summed E-state index contributed by atoms with van der Waals surface area (Å²) < 4.78 is 11.5. The molecule has 0 aliphatic heterocycles. The second kappa shape index (κ2) is 10.7. The third kappa shape index (κ3) is 5.95. The summed E-state index contributed by atoms with van der Waals surface area (Å²) in [5.41, 5.74) is -0.0509. The van der Waals surface area contributed by atoms with Crippen molar-refractivity contribution >= 4 is 17.4 Å². The molecule has 2 aromatic carbocycles. The highest BCUT2D eigenvalue weighted by Crippen LogP contribution is 2.42. The summed E-state index contributed by atoms with van der Waals surface area (Å²) in [4.78, 5) is 12.9. The molecule has 0 aliphatic rings. The van der Waals surface area contributed by atoms with Gasteiger partial charge >= 0.3 is 5.69 Å². The van der Waals surface area contributed by atoms with E-state index >= 15 is 0 Å². The molecule has 0 aromatic heterocycles. The molecule has 0 atom stereocenters. The van der Waals surface area contributed by atoms with Crippen LogP contribution in [-0.2, 0) is 0 Å². The molecule has 0 saturated heterocycles. The molecule has 0 radical (unpaired) electrons. The average Bonchev–Trinajstić information content (AvgIpc) is 2.64. The Labute approximate surface area is 158 Å². The van der Waals surface area contributed by atoms with E-state index in [2.05, 4.69) is 13.8 Å².